The molecule has 0 atom stereocenters. The summed E-state index contributed by atoms with van der Waals surface area (Å²) in [5, 5.41) is 0. The molecule has 1 aliphatic rings. The summed E-state index contributed by atoms with van der Waals surface area (Å²) in [5.74, 6) is 0.368. The minimum atomic E-state index is -0.764. The van der Waals surface area contributed by atoms with Gasteiger partial charge in [0.1, 0.15) is 5.75 Å². The van der Waals surface area contributed by atoms with Gasteiger partial charge in [0, 0.05) is 24.9 Å². The number of hydrogen-bond donors (Lipinski definition) is 1. The molecule has 16 heavy (non-hydrogen) atoms. The topological polar surface area (TPSA) is 61.5 Å². The van der Waals surface area contributed by atoms with E-state index in [1.165, 1.54) is 7.11 Å². The SMILES string of the molecule is COC(=O)C1(Oc2ccccc2CN)CC1. The maximum atomic E-state index is 11.5. The molecule has 0 bridgehead atoms. The van der Waals surface area contributed by atoms with Crippen LogP contribution in [0, 0.1) is 0 Å². The van der Waals surface area contributed by atoms with Crippen molar-refractivity contribution < 1.29 is 14.3 Å². The van der Waals surface area contributed by atoms with E-state index in [1.807, 2.05) is 24.3 Å². The first-order valence-corrected chi connectivity index (χ1v) is 5.27. The summed E-state index contributed by atoms with van der Waals surface area (Å²) in [6.45, 7) is 0.396. The molecule has 1 aromatic carbocycles. The second kappa shape index (κ2) is 4.14. The van der Waals surface area contributed by atoms with Gasteiger partial charge in [0.2, 0.25) is 5.60 Å². The Labute approximate surface area is 94.3 Å². The fourth-order valence-electron chi connectivity index (χ4n) is 1.63. The summed E-state index contributed by atoms with van der Waals surface area (Å²) in [6, 6.07) is 7.47. The Balaban J connectivity index is 2.18. The van der Waals surface area contributed by atoms with Crippen LogP contribution in [0.4, 0.5) is 0 Å². The van der Waals surface area contributed by atoms with Crippen molar-refractivity contribution in [1.29, 1.82) is 0 Å². The van der Waals surface area contributed by atoms with Crippen LogP contribution in [0.5, 0.6) is 5.75 Å². The first kappa shape index (κ1) is 11.0. The summed E-state index contributed by atoms with van der Waals surface area (Å²) in [7, 11) is 1.38. The van der Waals surface area contributed by atoms with Crippen LogP contribution in [0.1, 0.15) is 18.4 Å². The first-order valence-electron chi connectivity index (χ1n) is 5.27. The van der Waals surface area contributed by atoms with Gasteiger partial charge in [-0.15, -0.1) is 0 Å². The Kier molecular flexibility index (Phi) is 2.83. The molecule has 4 heteroatoms. The van der Waals surface area contributed by atoms with Crippen LogP contribution in [0.25, 0.3) is 0 Å². The highest BCUT2D eigenvalue weighted by Crippen LogP contribution is 2.42. The van der Waals surface area contributed by atoms with Crippen molar-refractivity contribution in [3.8, 4) is 5.75 Å². The maximum Gasteiger partial charge on any atom is 0.350 e. The number of esters is 1. The third-order valence-electron chi connectivity index (χ3n) is 2.76. The fourth-order valence-corrected chi connectivity index (χ4v) is 1.63. The Hall–Kier alpha value is -1.55. The van der Waals surface area contributed by atoms with Gasteiger partial charge in [0.05, 0.1) is 7.11 Å². The fraction of sp³-hybridized carbons (Fsp3) is 0.417. The lowest BCUT2D eigenvalue weighted by Gasteiger charge is -2.17. The maximum absolute atomic E-state index is 11.5. The number of rotatable bonds is 4. The van der Waals surface area contributed by atoms with Crippen molar-refractivity contribution in [3.63, 3.8) is 0 Å². The van der Waals surface area contributed by atoms with Crippen LogP contribution in [-0.2, 0) is 16.1 Å². The number of ether oxygens (including phenoxy) is 2. The summed E-state index contributed by atoms with van der Waals surface area (Å²) in [4.78, 5) is 11.5. The van der Waals surface area contributed by atoms with Crippen molar-refractivity contribution >= 4 is 5.97 Å². The number of benzene rings is 1. The van der Waals surface area contributed by atoms with Gasteiger partial charge in [0.15, 0.2) is 0 Å². The molecule has 2 rings (SSSR count). The third kappa shape index (κ3) is 1.88. The molecule has 0 aliphatic heterocycles. The second-order valence-electron chi connectivity index (χ2n) is 3.90. The molecule has 0 amide bonds. The highest BCUT2D eigenvalue weighted by molar-refractivity contribution is 5.83. The second-order valence-corrected chi connectivity index (χ2v) is 3.90. The number of para-hydroxylation sites is 1. The monoisotopic (exact) mass is 221 g/mol. The average molecular weight is 221 g/mol. The van der Waals surface area contributed by atoms with Crippen LogP contribution >= 0.6 is 0 Å². The summed E-state index contributed by atoms with van der Waals surface area (Å²) in [6.07, 6.45) is 1.41. The molecule has 86 valence electrons. The molecule has 0 aromatic heterocycles. The largest absolute Gasteiger partial charge is 0.475 e. The van der Waals surface area contributed by atoms with E-state index in [9.17, 15) is 4.79 Å². The molecule has 0 saturated heterocycles. The zero-order valence-electron chi connectivity index (χ0n) is 9.23. The van der Waals surface area contributed by atoms with E-state index in [4.69, 9.17) is 15.2 Å². The van der Waals surface area contributed by atoms with Gasteiger partial charge in [-0.1, -0.05) is 18.2 Å². The lowest BCUT2D eigenvalue weighted by Crippen LogP contribution is -2.31. The van der Waals surface area contributed by atoms with E-state index in [0.717, 1.165) is 5.56 Å². The van der Waals surface area contributed by atoms with Crippen molar-refractivity contribution in [2.75, 3.05) is 7.11 Å². The van der Waals surface area contributed by atoms with Crippen LogP contribution in [0.2, 0.25) is 0 Å². The number of carbonyl (C=O) groups excluding carboxylic acids is 1. The van der Waals surface area contributed by atoms with Crippen LogP contribution in [-0.4, -0.2) is 18.7 Å². The molecule has 1 aromatic rings. The van der Waals surface area contributed by atoms with Gasteiger partial charge in [0.25, 0.3) is 0 Å². The first-order chi connectivity index (χ1) is 7.72. The predicted molar refractivity (Wildman–Crippen MR) is 58.9 cm³/mol. The number of carbonyl (C=O) groups is 1. The van der Waals surface area contributed by atoms with Crippen LogP contribution in [0.3, 0.4) is 0 Å². The predicted octanol–water partition coefficient (Wildman–Crippen LogP) is 1.23. The third-order valence-corrected chi connectivity index (χ3v) is 2.76. The lowest BCUT2D eigenvalue weighted by atomic mass is 10.2. The molecule has 0 unspecified atom stereocenters. The van der Waals surface area contributed by atoms with Gasteiger partial charge in [-0.25, -0.2) is 4.79 Å². The Morgan fingerprint density at radius 1 is 1.44 bits per heavy atom. The zero-order chi connectivity index (χ0) is 11.6. The molecule has 1 saturated carbocycles. The van der Waals surface area contributed by atoms with Crippen molar-refractivity contribution in [2.45, 2.75) is 25.0 Å². The van der Waals surface area contributed by atoms with Gasteiger partial charge >= 0.3 is 5.97 Å². The van der Waals surface area contributed by atoms with E-state index >= 15 is 0 Å². The quantitative estimate of drug-likeness (QED) is 0.777. The summed E-state index contributed by atoms with van der Waals surface area (Å²) in [5.41, 5.74) is 5.74. The minimum absolute atomic E-state index is 0.306. The van der Waals surface area contributed by atoms with Crippen LogP contribution in [0.15, 0.2) is 24.3 Å². The van der Waals surface area contributed by atoms with E-state index in [0.29, 0.717) is 25.1 Å². The van der Waals surface area contributed by atoms with Crippen molar-refractivity contribution in [3.05, 3.63) is 29.8 Å². The molecule has 0 spiro atoms. The van der Waals surface area contributed by atoms with Gasteiger partial charge in [-0.2, -0.15) is 0 Å². The zero-order valence-corrected chi connectivity index (χ0v) is 9.23. The molecule has 1 aliphatic carbocycles. The summed E-state index contributed by atoms with van der Waals surface area (Å²) >= 11 is 0. The molecular formula is C12H15NO3. The Bertz CT molecular complexity index is 399. The molecule has 2 N–H and O–H groups in total. The van der Waals surface area contributed by atoms with E-state index < -0.39 is 5.60 Å². The highest BCUT2D eigenvalue weighted by atomic mass is 16.6. The highest BCUT2D eigenvalue weighted by Gasteiger charge is 2.54. The Morgan fingerprint density at radius 3 is 2.69 bits per heavy atom. The van der Waals surface area contributed by atoms with Crippen LogP contribution < -0.4 is 10.5 Å². The smallest absolute Gasteiger partial charge is 0.350 e. The van der Waals surface area contributed by atoms with E-state index in [2.05, 4.69) is 0 Å². The van der Waals surface area contributed by atoms with Crippen molar-refractivity contribution in [1.82, 2.24) is 0 Å². The van der Waals surface area contributed by atoms with Gasteiger partial charge in [-0.05, 0) is 6.07 Å². The number of nitrogens with two attached hydrogens (primary N) is 1. The number of hydrogen-bond acceptors (Lipinski definition) is 4. The van der Waals surface area contributed by atoms with E-state index in [-0.39, 0.29) is 5.97 Å². The Morgan fingerprint density at radius 2 is 2.12 bits per heavy atom. The molecule has 4 nitrogen and oxygen atoms in total. The number of methoxy groups -OCH3 is 1. The van der Waals surface area contributed by atoms with E-state index in [1.54, 1.807) is 0 Å². The molecular weight excluding hydrogens is 206 g/mol. The molecule has 0 radical (unpaired) electrons. The standard InChI is InChI=1S/C12H15NO3/c1-15-11(14)12(6-7-12)16-10-5-3-2-4-9(10)8-13/h2-5H,6-8,13H2,1H3. The molecule has 1 fully saturated rings. The normalized spacial score (nSPS) is 16.6. The van der Waals surface area contributed by atoms with Crippen molar-refractivity contribution in [2.24, 2.45) is 5.73 Å². The molecule has 0 heterocycles. The lowest BCUT2D eigenvalue weighted by molar-refractivity contribution is -0.151. The summed E-state index contributed by atoms with van der Waals surface area (Å²) < 4.78 is 10.5. The average Bonchev–Trinajstić information content (AvgIpc) is 3.10. The van der Waals surface area contributed by atoms with Gasteiger partial charge < -0.3 is 15.2 Å². The minimum Gasteiger partial charge on any atom is -0.475 e. The van der Waals surface area contributed by atoms with Gasteiger partial charge in [-0.3, -0.25) is 0 Å².